The molecular formula is C15H15F2NO3. The minimum Gasteiger partial charge on any atom is -0.481 e. The molecule has 6 heteroatoms. The predicted octanol–water partition coefficient (Wildman–Crippen LogP) is 2.00. The molecule has 2 fully saturated rings. The molecule has 1 amide bonds. The highest BCUT2D eigenvalue weighted by molar-refractivity contribution is 5.84. The first-order valence-electron chi connectivity index (χ1n) is 6.94. The van der Waals surface area contributed by atoms with Crippen molar-refractivity contribution in [3.05, 3.63) is 35.4 Å². The average molecular weight is 295 g/mol. The summed E-state index contributed by atoms with van der Waals surface area (Å²) in [6.07, 6.45) is 1.09. The van der Waals surface area contributed by atoms with Crippen LogP contribution in [0.15, 0.2) is 18.2 Å². The van der Waals surface area contributed by atoms with E-state index in [1.807, 2.05) is 0 Å². The third kappa shape index (κ3) is 2.62. The van der Waals surface area contributed by atoms with E-state index in [0.29, 0.717) is 24.9 Å². The smallest absolute Gasteiger partial charge is 0.308 e. The molecule has 1 N–H and O–H groups in total. The quantitative estimate of drug-likeness (QED) is 0.928. The number of hydrogen-bond donors (Lipinski definition) is 1. The molecule has 1 aliphatic carbocycles. The molecular weight excluding hydrogens is 280 g/mol. The molecule has 0 spiro atoms. The molecule has 2 aliphatic rings. The van der Waals surface area contributed by atoms with E-state index in [9.17, 15) is 18.4 Å². The zero-order valence-electron chi connectivity index (χ0n) is 11.3. The fourth-order valence-electron chi connectivity index (χ4n) is 2.98. The number of aliphatic carboxylic acids is 1. The highest BCUT2D eigenvalue weighted by Crippen LogP contribution is 2.49. The first kappa shape index (κ1) is 14.0. The number of carboxylic acids is 1. The van der Waals surface area contributed by atoms with Gasteiger partial charge < -0.3 is 10.0 Å². The van der Waals surface area contributed by atoms with Crippen molar-refractivity contribution in [2.75, 3.05) is 13.1 Å². The van der Waals surface area contributed by atoms with Gasteiger partial charge in [-0.2, -0.15) is 0 Å². The third-order valence-electron chi connectivity index (χ3n) is 4.33. The summed E-state index contributed by atoms with van der Waals surface area (Å²) in [6.45, 7) is 0.700. The Bertz CT molecular complexity index is 605. The molecule has 0 unspecified atom stereocenters. The van der Waals surface area contributed by atoms with Gasteiger partial charge in [0.15, 0.2) is 11.6 Å². The van der Waals surface area contributed by atoms with Crippen molar-refractivity contribution < 1.29 is 23.5 Å². The number of carbonyl (C=O) groups is 2. The van der Waals surface area contributed by atoms with Crippen LogP contribution >= 0.6 is 0 Å². The third-order valence-corrected chi connectivity index (χ3v) is 4.33. The summed E-state index contributed by atoms with van der Waals surface area (Å²) < 4.78 is 26.1. The van der Waals surface area contributed by atoms with E-state index in [-0.39, 0.29) is 24.3 Å². The van der Waals surface area contributed by atoms with Crippen LogP contribution in [0.5, 0.6) is 0 Å². The van der Waals surface area contributed by atoms with Crippen molar-refractivity contribution >= 4 is 11.9 Å². The topological polar surface area (TPSA) is 57.6 Å². The van der Waals surface area contributed by atoms with Crippen LogP contribution in [-0.2, 0) is 9.59 Å². The Hall–Kier alpha value is -1.98. The molecule has 1 aromatic rings. The monoisotopic (exact) mass is 295 g/mol. The van der Waals surface area contributed by atoms with E-state index in [2.05, 4.69) is 0 Å². The number of likely N-dealkylation sites (tertiary alicyclic amines) is 1. The summed E-state index contributed by atoms with van der Waals surface area (Å²) in [4.78, 5) is 24.7. The van der Waals surface area contributed by atoms with Gasteiger partial charge in [0.05, 0.1) is 5.92 Å². The number of benzene rings is 1. The van der Waals surface area contributed by atoms with Gasteiger partial charge in [-0.25, -0.2) is 8.78 Å². The Balaban J connectivity index is 1.64. The molecule has 1 heterocycles. The number of carbonyl (C=O) groups excluding carboxylic acids is 1. The van der Waals surface area contributed by atoms with Gasteiger partial charge in [-0.05, 0) is 36.5 Å². The van der Waals surface area contributed by atoms with Crippen molar-refractivity contribution in [3.8, 4) is 0 Å². The number of carboxylic acid groups (broad SMARTS) is 1. The van der Waals surface area contributed by atoms with E-state index < -0.39 is 23.5 Å². The highest BCUT2D eigenvalue weighted by Gasteiger charge is 2.47. The number of amides is 1. The summed E-state index contributed by atoms with van der Waals surface area (Å²) in [5.41, 5.74) is 0.626. The second-order valence-corrected chi connectivity index (χ2v) is 5.73. The van der Waals surface area contributed by atoms with Crippen LogP contribution < -0.4 is 0 Å². The van der Waals surface area contributed by atoms with Crippen molar-refractivity contribution in [2.24, 2.45) is 11.8 Å². The lowest BCUT2D eigenvalue weighted by Gasteiger charge is -2.15. The van der Waals surface area contributed by atoms with Gasteiger partial charge in [-0.1, -0.05) is 6.07 Å². The van der Waals surface area contributed by atoms with Gasteiger partial charge in [-0.15, -0.1) is 0 Å². The van der Waals surface area contributed by atoms with E-state index in [4.69, 9.17) is 5.11 Å². The summed E-state index contributed by atoms with van der Waals surface area (Å²) in [5.74, 6) is -3.57. The van der Waals surface area contributed by atoms with Crippen molar-refractivity contribution in [1.82, 2.24) is 4.90 Å². The van der Waals surface area contributed by atoms with Gasteiger partial charge in [0, 0.05) is 19.0 Å². The number of halogens is 2. The lowest BCUT2D eigenvalue weighted by atomic mass is 10.1. The van der Waals surface area contributed by atoms with E-state index in [1.165, 1.54) is 6.07 Å². The molecule has 0 aromatic heterocycles. The Morgan fingerprint density at radius 1 is 1.24 bits per heavy atom. The lowest BCUT2D eigenvalue weighted by Crippen LogP contribution is -2.31. The van der Waals surface area contributed by atoms with Crippen LogP contribution in [0.2, 0.25) is 0 Å². The van der Waals surface area contributed by atoms with Crippen LogP contribution in [0.4, 0.5) is 8.78 Å². The van der Waals surface area contributed by atoms with Gasteiger partial charge in [-0.3, -0.25) is 9.59 Å². The highest BCUT2D eigenvalue weighted by atomic mass is 19.2. The van der Waals surface area contributed by atoms with Gasteiger partial charge in [0.1, 0.15) is 0 Å². The van der Waals surface area contributed by atoms with Crippen LogP contribution in [0.1, 0.15) is 24.3 Å². The van der Waals surface area contributed by atoms with E-state index in [0.717, 1.165) is 12.1 Å². The Labute approximate surface area is 120 Å². The summed E-state index contributed by atoms with van der Waals surface area (Å²) in [7, 11) is 0. The largest absolute Gasteiger partial charge is 0.481 e. The van der Waals surface area contributed by atoms with Gasteiger partial charge in [0.25, 0.3) is 0 Å². The molecule has 1 aliphatic heterocycles. The minimum absolute atomic E-state index is 0.0755. The fraction of sp³-hybridized carbons (Fsp3) is 0.467. The molecule has 3 rings (SSSR count). The second kappa shape index (κ2) is 5.09. The van der Waals surface area contributed by atoms with Gasteiger partial charge in [0.2, 0.25) is 5.91 Å². The fourth-order valence-corrected chi connectivity index (χ4v) is 2.98. The second-order valence-electron chi connectivity index (χ2n) is 5.73. The Morgan fingerprint density at radius 2 is 2.00 bits per heavy atom. The van der Waals surface area contributed by atoms with Crippen molar-refractivity contribution in [3.63, 3.8) is 0 Å². The van der Waals surface area contributed by atoms with Crippen LogP contribution in [0.25, 0.3) is 0 Å². The maximum absolute atomic E-state index is 13.2. The maximum atomic E-state index is 13.2. The predicted molar refractivity (Wildman–Crippen MR) is 69.5 cm³/mol. The molecule has 1 aromatic carbocycles. The normalized spacial score (nSPS) is 27.7. The molecule has 112 valence electrons. The first-order chi connectivity index (χ1) is 9.97. The van der Waals surface area contributed by atoms with E-state index in [1.54, 1.807) is 4.90 Å². The molecule has 4 nitrogen and oxygen atoms in total. The summed E-state index contributed by atoms with van der Waals surface area (Å²) in [6, 6.07) is 3.71. The van der Waals surface area contributed by atoms with Crippen molar-refractivity contribution in [1.29, 1.82) is 0 Å². The van der Waals surface area contributed by atoms with Crippen LogP contribution in [0.3, 0.4) is 0 Å². The van der Waals surface area contributed by atoms with Crippen molar-refractivity contribution in [2.45, 2.75) is 18.8 Å². The number of nitrogens with zero attached hydrogens (tertiary/aromatic N) is 1. The Morgan fingerprint density at radius 3 is 2.62 bits per heavy atom. The molecule has 3 atom stereocenters. The SMILES string of the molecule is O=C(O)[C@@H]1CCN(C(=O)[C@H]2C[C@@H]2c2ccc(F)c(F)c2)C1. The summed E-state index contributed by atoms with van der Waals surface area (Å²) >= 11 is 0. The Kier molecular flexibility index (Phi) is 3.39. The van der Waals surface area contributed by atoms with Crippen LogP contribution in [-0.4, -0.2) is 35.0 Å². The van der Waals surface area contributed by atoms with Gasteiger partial charge >= 0.3 is 5.97 Å². The number of hydrogen-bond acceptors (Lipinski definition) is 2. The number of rotatable bonds is 3. The molecule has 0 radical (unpaired) electrons. The lowest BCUT2D eigenvalue weighted by molar-refractivity contribution is -0.141. The maximum Gasteiger partial charge on any atom is 0.308 e. The van der Waals surface area contributed by atoms with E-state index >= 15 is 0 Å². The molecule has 1 saturated carbocycles. The molecule has 1 saturated heterocycles. The average Bonchev–Trinajstić information content (AvgIpc) is 3.08. The first-order valence-corrected chi connectivity index (χ1v) is 6.94. The zero-order valence-corrected chi connectivity index (χ0v) is 11.3. The minimum atomic E-state index is -0.905. The zero-order chi connectivity index (χ0) is 15.1. The summed E-state index contributed by atoms with van der Waals surface area (Å²) in [5, 5.41) is 8.94. The molecule has 21 heavy (non-hydrogen) atoms. The standard InChI is InChI=1S/C15H15F2NO3/c16-12-2-1-8(5-13(12)17)10-6-11(10)14(19)18-4-3-9(7-18)15(20)21/h1-2,5,9-11H,3-4,6-7H2,(H,20,21)/t9-,10-,11+/m1/s1. The van der Waals surface area contributed by atoms with Crippen LogP contribution in [0, 0.1) is 23.5 Å². The molecule has 0 bridgehead atoms.